The number of thiophene rings is 1. The molecule has 14 rings (SSSR count). The second-order valence-electron chi connectivity index (χ2n) is 17.9. The van der Waals surface area contributed by atoms with Crippen LogP contribution >= 0.6 is 11.3 Å². The van der Waals surface area contributed by atoms with Crippen molar-refractivity contribution in [1.82, 2.24) is 4.57 Å². The van der Waals surface area contributed by atoms with Crippen LogP contribution in [-0.4, -0.2) is 16.1 Å². The summed E-state index contributed by atoms with van der Waals surface area (Å²) in [6, 6.07) is 74.4. The van der Waals surface area contributed by atoms with Gasteiger partial charge in [-0.3, -0.25) is 0 Å². The number of benzene rings is 10. The molecule has 0 atom stereocenters. The Morgan fingerprint density at radius 1 is 0.456 bits per heavy atom. The van der Waals surface area contributed by atoms with Gasteiger partial charge in [-0.1, -0.05) is 176 Å². The first kappa shape index (κ1) is 38.8. The van der Waals surface area contributed by atoms with Gasteiger partial charge in [0.25, 0.3) is 0 Å². The molecule has 0 aliphatic carbocycles. The second kappa shape index (κ2) is 15.6. The van der Waals surface area contributed by atoms with Gasteiger partial charge in [0.15, 0.2) is 5.84 Å². The minimum absolute atomic E-state index is 0.666. The Hall–Kier alpha value is -8.38. The van der Waals surface area contributed by atoms with Crippen molar-refractivity contribution in [3.8, 4) is 16.8 Å². The predicted molar refractivity (Wildman–Crippen MR) is 289 cm³/mol. The molecule has 5 heteroatoms. The molecule has 10 aromatic carbocycles. The molecule has 1 aliphatic rings. The van der Waals surface area contributed by atoms with Crippen molar-refractivity contribution in [3.63, 3.8) is 0 Å². The lowest BCUT2D eigenvalue weighted by molar-refractivity contribution is 0.669. The van der Waals surface area contributed by atoms with Crippen molar-refractivity contribution >= 4 is 114 Å². The highest BCUT2D eigenvalue weighted by atomic mass is 32.1. The van der Waals surface area contributed by atoms with Crippen LogP contribution in [0.5, 0.6) is 0 Å². The summed E-state index contributed by atoms with van der Waals surface area (Å²) in [5.74, 6) is 0.666. The lowest BCUT2D eigenvalue weighted by Gasteiger charge is -2.18. The molecule has 0 N–H and O–H groups in total. The van der Waals surface area contributed by atoms with Crippen LogP contribution in [0, 0.1) is 0 Å². The number of amidine groups is 1. The second-order valence-corrected chi connectivity index (χ2v) is 18.9. The molecule has 3 aromatic heterocycles. The summed E-state index contributed by atoms with van der Waals surface area (Å²) in [5.41, 5.74) is 12.6. The third-order valence-electron chi connectivity index (χ3n) is 13.9. The lowest BCUT2D eigenvalue weighted by Crippen LogP contribution is -2.11. The first-order chi connectivity index (χ1) is 33.7. The molecule has 0 spiro atoms. The zero-order valence-electron chi connectivity index (χ0n) is 37.0. The van der Waals surface area contributed by atoms with Crippen molar-refractivity contribution < 1.29 is 4.42 Å². The van der Waals surface area contributed by atoms with Gasteiger partial charge in [0, 0.05) is 48.1 Å². The van der Waals surface area contributed by atoms with Crippen molar-refractivity contribution in [2.75, 3.05) is 0 Å². The highest BCUT2D eigenvalue weighted by molar-refractivity contribution is 7.26. The average molecular weight is 888 g/mol. The lowest BCUT2D eigenvalue weighted by atomic mass is 9.97. The van der Waals surface area contributed by atoms with Gasteiger partial charge in [-0.2, -0.15) is 0 Å². The number of fused-ring (bicyclic) bond motifs is 12. The summed E-state index contributed by atoms with van der Waals surface area (Å²) in [4.78, 5) is 11.5. The number of rotatable bonds is 5. The normalized spacial score (nSPS) is 13.7. The van der Waals surface area contributed by atoms with E-state index >= 15 is 0 Å². The molecule has 1 aliphatic heterocycles. The van der Waals surface area contributed by atoms with Crippen LogP contribution in [0.1, 0.15) is 36.0 Å². The van der Waals surface area contributed by atoms with Crippen molar-refractivity contribution in [2.45, 2.75) is 19.3 Å². The molecule has 0 bridgehead atoms. The van der Waals surface area contributed by atoms with E-state index in [0.29, 0.717) is 5.84 Å². The van der Waals surface area contributed by atoms with E-state index in [4.69, 9.17) is 14.4 Å². The zero-order chi connectivity index (χ0) is 44.7. The van der Waals surface area contributed by atoms with Crippen LogP contribution in [-0.2, 0) is 0 Å². The molecule has 4 nitrogen and oxygen atoms in total. The van der Waals surface area contributed by atoms with E-state index in [0.717, 1.165) is 75.0 Å². The molecule has 0 saturated heterocycles. The van der Waals surface area contributed by atoms with E-state index in [1.807, 2.05) is 23.5 Å². The fraction of sp³-hybridized carbons (Fsp3) is 0.0476. The number of allylic oxidation sites excluding steroid dienone is 1. The third-order valence-corrected chi connectivity index (χ3v) is 15.1. The highest BCUT2D eigenvalue weighted by Crippen LogP contribution is 2.46. The van der Waals surface area contributed by atoms with Crippen molar-refractivity contribution in [2.24, 2.45) is 9.98 Å². The van der Waals surface area contributed by atoms with Gasteiger partial charge in [-0.05, 0) is 93.9 Å². The molecule has 0 fully saturated rings. The molecular formula is C63H41N3OS. The molecule has 4 heterocycles. The third kappa shape index (κ3) is 6.20. The van der Waals surface area contributed by atoms with E-state index in [-0.39, 0.29) is 0 Å². The van der Waals surface area contributed by atoms with E-state index in [9.17, 15) is 0 Å². The molecule has 0 radical (unpaired) electrons. The molecule has 320 valence electrons. The first-order valence-electron chi connectivity index (χ1n) is 23.4. The maximum absolute atomic E-state index is 6.51. The van der Waals surface area contributed by atoms with E-state index < -0.39 is 0 Å². The molecule has 0 amide bonds. The van der Waals surface area contributed by atoms with E-state index in [1.165, 1.54) is 74.6 Å². The monoisotopic (exact) mass is 887 g/mol. The molecule has 0 saturated carbocycles. The standard InChI is InChI=1S/C63H41N3OS/c1-2-15-39(16-3-1)40-29-31-42(32-30-40)52-24-10-11-25-53(65-63(64-52)50-23-14-28-57-59(50)48-22-9-13-27-56(48)67-57)47-34-35-49-60-45-20-7-6-17-41(45)33-36-58(60)68-62(49)61(47)66-54-26-12-8-21-46(54)51-37-43-18-4-5-19-44(43)38-55(51)66/h1-9,12-24,26-38H,10-11,25H2. The fourth-order valence-corrected chi connectivity index (χ4v) is 12.0. The molecular weight excluding hydrogens is 847 g/mol. The Labute approximate surface area is 396 Å². The predicted octanol–water partition coefficient (Wildman–Crippen LogP) is 17.5. The van der Waals surface area contributed by atoms with Gasteiger partial charge in [-0.25, -0.2) is 9.98 Å². The van der Waals surface area contributed by atoms with Gasteiger partial charge in [0.2, 0.25) is 0 Å². The van der Waals surface area contributed by atoms with Gasteiger partial charge in [0.05, 0.1) is 32.8 Å². The van der Waals surface area contributed by atoms with Crippen LogP contribution in [0.25, 0.3) is 108 Å². The first-order valence-corrected chi connectivity index (χ1v) is 24.3. The minimum atomic E-state index is 0.666. The number of furan rings is 1. The van der Waals surface area contributed by atoms with Crippen LogP contribution < -0.4 is 0 Å². The fourth-order valence-electron chi connectivity index (χ4n) is 10.7. The van der Waals surface area contributed by atoms with Crippen LogP contribution in [0.4, 0.5) is 0 Å². The maximum atomic E-state index is 6.51. The van der Waals surface area contributed by atoms with Crippen LogP contribution in [0.2, 0.25) is 0 Å². The highest BCUT2D eigenvalue weighted by Gasteiger charge is 2.25. The van der Waals surface area contributed by atoms with Gasteiger partial charge < -0.3 is 8.98 Å². The number of aromatic nitrogens is 1. The Morgan fingerprint density at radius 3 is 2.03 bits per heavy atom. The summed E-state index contributed by atoms with van der Waals surface area (Å²) in [6.07, 6.45) is 4.81. The van der Waals surface area contributed by atoms with E-state index in [2.05, 4.69) is 205 Å². The molecule has 13 aromatic rings. The zero-order valence-corrected chi connectivity index (χ0v) is 37.8. The van der Waals surface area contributed by atoms with Gasteiger partial charge in [0.1, 0.15) is 11.2 Å². The maximum Gasteiger partial charge on any atom is 0.160 e. The number of hydrogen-bond acceptors (Lipinski definition) is 4. The van der Waals surface area contributed by atoms with Gasteiger partial charge >= 0.3 is 0 Å². The minimum Gasteiger partial charge on any atom is -0.456 e. The van der Waals surface area contributed by atoms with E-state index in [1.54, 1.807) is 0 Å². The summed E-state index contributed by atoms with van der Waals surface area (Å²) >= 11 is 1.88. The topological polar surface area (TPSA) is 42.8 Å². The SMILES string of the molecule is C1=C(c2ccc(-c3ccccc3)cc2)N=C(c2cccc3oc4ccccc4c23)N=C(c2ccc3c(sc4ccc5ccccc5c43)c2-n2c3ccccc3c3cc4ccccc4cc32)CCC1. The summed E-state index contributed by atoms with van der Waals surface area (Å²) in [5, 5.41) is 12.0. The Balaban J connectivity index is 1.07. The summed E-state index contributed by atoms with van der Waals surface area (Å²) in [7, 11) is 0. The Morgan fingerprint density at radius 2 is 1.16 bits per heavy atom. The van der Waals surface area contributed by atoms with Crippen molar-refractivity contribution in [1.29, 1.82) is 0 Å². The summed E-state index contributed by atoms with van der Waals surface area (Å²) < 4.78 is 11.6. The number of aliphatic imine (C=N–C) groups is 2. The molecule has 68 heavy (non-hydrogen) atoms. The van der Waals surface area contributed by atoms with Crippen LogP contribution in [0.15, 0.2) is 227 Å². The smallest absolute Gasteiger partial charge is 0.160 e. The van der Waals surface area contributed by atoms with Gasteiger partial charge in [-0.15, -0.1) is 11.3 Å². The quantitative estimate of drug-likeness (QED) is 0.170. The van der Waals surface area contributed by atoms with Crippen LogP contribution in [0.3, 0.4) is 0 Å². The van der Waals surface area contributed by atoms with Crippen molar-refractivity contribution in [3.05, 3.63) is 229 Å². The summed E-state index contributed by atoms with van der Waals surface area (Å²) in [6.45, 7) is 0. The largest absolute Gasteiger partial charge is 0.456 e. The Kier molecular flexibility index (Phi) is 8.92. The average Bonchev–Trinajstić information content (AvgIpc) is 4.09. The molecule has 0 unspecified atom stereocenters. The Bertz CT molecular complexity index is 4280. The number of hydrogen-bond donors (Lipinski definition) is 0. The number of nitrogens with zero attached hydrogens (tertiary/aromatic N) is 3. The number of para-hydroxylation sites is 2.